The molecule has 0 saturated carbocycles. The van der Waals surface area contributed by atoms with Crippen LogP contribution in [0.15, 0.2) is 59.1 Å². The molecule has 0 aromatic heterocycles. The molecule has 1 heterocycles. The number of ether oxygens (including phenoxy) is 1. The van der Waals surface area contributed by atoms with Gasteiger partial charge in [0.05, 0.1) is 7.11 Å². The lowest BCUT2D eigenvalue weighted by atomic mass is 10.2. The average molecular weight is 401 g/mol. The summed E-state index contributed by atoms with van der Waals surface area (Å²) in [6.45, 7) is 1.48. The van der Waals surface area contributed by atoms with Gasteiger partial charge in [0, 0.05) is 40.9 Å². The van der Waals surface area contributed by atoms with Gasteiger partial charge in [-0.05, 0) is 42.8 Å². The zero-order valence-electron chi connectivity index (χ0n) is 14.1. The van der Waals surface area contributed by atoms with Crippen molar-refractivity contribution in [2.45, 2.75) is 12.5 Å². The van der Waals surface area contributed by atoms with Crippen LogP contribution in [0.5, 0.6) is 5.75 Å². The van der Waals surface area contributed by atoms with Crippen molar-refractivity contribution in [3.05, 3.63) is 64.6 Å². The second-order valence-corrected chi connectivity index (χ2v) is 6.92. The smallest absolute Gasteiger partial charge is 0.246 e. The Kier molecular flexibility index (Phi) is 5.76. The fourth-order valence-corrected chi connectivity index (χ4v) is 3.33. The topological polar surface area (TPSA) is 41.6 Å². The Bertz CT molecular complexity index is 762. The molecule has 1 aliphatic rings. The zero-order valence-corrected chi connectivity index (χ0v) is 15.7. The Balaban J connectivity index is 1.60. The molecular formula is C20H21BrN2O2. The van der Waals surface area contributed by atoms with Crippen molar-refractivity contribution in [1.82, 2.24) is 4.90 Å². The first kappa shape index (κ1) is 17.5. The molecule has 0 radical (unpaired) electrons. The van der Waals surface area contributed by atoms with E-state index in [9.17, 15) is 4.79 Å². The number of amides is 1. The number of halogens is 1. The third kappa shape index (κ3) is 4.63. The van der Waals surface area contributed by atoms with E-state index in [4.69, 9.17) is 4.74 Å². The predicted octanol–water partition coefficient (Wildman–Crippen LogP) is 4.18. The van der Waals surface area contributed by atoms with Crippen molar-refractivity contribution in [3.8, 4) is 5.75 Å². The summed E-state index contributed by atoms with van der Waals surface area (Å²) in [4.78, 5) is 14.3. The highest BCUT2D eigenvalue weighted by Crippen LogP contribution is 2.24. The highest BCUT2D eigenvalue weighted by atomic mass is 79.9. The van der Waals surface area contributed by atoms with Gasteiger partial charge in [-0.2, -0.15) is 0 Å². The number of benzene rings is 2. The van der Waals surface area contributed by atoms with E-state index in [1.807, 2.05) is 59.5 Å². The van der Waals surface area contributed by atoms with Crippen LogP contribution in [0.25, 0.3) is 6.08 Å². The monoisotopic (exact) mass is 400 g/mol. The van der Waals surface area contributed by atoms with E-state index in [0.717, 1.165) is 34.4 Å². The molecule has 2 aromatic carbocycles. The summed E-state index contributed by atoms with van der Waals surface area (Å²) in [5.41, 5.74) is 1.97. The number of rotatable bonds is 5. The van der Waals surface area contributed by atoms with E-state index in [-0.39, 0.29) is 5.91 Å². The van der Waals surface area contributed by atoms with Crippen LogP contribution in [0.4, 0.5) is 5.69 Å². The quantitative estimate of drug-likeness (QED) is 0.765. The number of hydrogen-bond acceptors (Lipinski definition) is 3. The van der Waals surface area contributed by atoms with Gasteiger partial charge in [0.1, 0.15) is 5.75 Å². The second kappa shape index (κ2) is 8.21. The molecule has 0 spiro atoms. The Hall–Kier alpha value is -2.27. The highest BCUT2D eigenvalue weighted by Gasteiger charge is 2.24. The normalized spacial score (nSPS) is 17.0. The molecule has 1 fully saturated rings. The average Bonchev–Trinajstić information content (AvgIpc) is 3.09. The molecular weight excluding hydrogens is 380 g/mol. The van der Waals surface area contributed by atoms with Crippen molar-refractivity contribution in [1.29, 1.82) is 0 Å². The van der Waals surface area contributed by atoms with Crippen molar-refractivity contribution in [3.63, 3.8) is 0 Å². The first-order valence-corrected chi connectivity index (χ1v) is 9.07. The van der Waals surface area contributed by atoms with Gasteiger partial charge in [-0.15, -0.1) is 0 Å². The number of nitrogens with zero attached hydrogens (tertiary/aromatic N) is 1. The van der Waals surface area contributed by atoms with Gasteiger partial charge in [0.25, 0.3) is 0 Å². The van der Waals surface area contributed by atoms with Crippen LogP contribution in [0, 0.1) is 0 Å². The molecule has 25 heavy (non-hydrogen) atoms. The molecule has 130 valence electrons. The first-order valence-electron chi connectivity index (χ1n) is 8.28. The molecule has 0 aliphatic carbocycles. The number of carbonyl (C=O) groups is 1. The minimum Gasteiger partial charge on any atom is -0.496 e. The van der Waals surface area contributed by atoms with Gasteiger partial charge >= 0.3 is 0 Å². The Morgan fingerprint density at radius 2 is 2.08 bits per heavy atom. The van der Waals surface area contributed by atoms with Gasteiger partial charge in [-0.25, -0.2) is 0 Å². The summed E-state index contributed by atoms with van der Waals surface area (Å²) < 4.78 is 6.29. The molecule has 3 rings (SSSR count). The van der Waals surface area contributed by atoms with E-state index in [0.29, 0.717) is 12.6 Å². The summed E-state index contributed by atoms with van der Waals surface area (Å²) in [6.07, 6.45) is 4.38. The van der Waals surface area contributed by atoms with E-state index >= 15 is 0 Å². The number of para-hydroxylation sites is 1. The van der Waals surface area contributed by atoms with E-state index in [2.05, 4.69) is 21.2 Å². The molecule has 1 saturated heterocycles. The molecule has 4 nitrogen and oxygen atoms in total. The summed E-state index contributed by atoms with van der Waals surface area (Å²) in [7, 11) is 1.63. The third-order valence-corrected chi connectivity index (χ3v) is 4.73. The summed E-state index contributed by atoms with van der Waals surface area (Å²) in [6, 6.07) is 16.1. The number of methoxy groups -OCH3 is 1. The molecule has 5 heteroatoms. The lowest BCUT2D eigenvalue weighted by Crippen LogP contribution is -2.30. The Morgan fingerprint density at radius 3 is 2.84 bits per heavy atom. The second-order valence-electron chi connectivity index (χ2n) is 6.00. The minimum atomic E-state index is 0.0272. The van der Waals surface area contributed by atoms with Crippen molar-refractivity contribution < 1.29 is 9.53 Å². The minimum absolute atomic E-state index is 0.0272. The molecule has 1 unspecified atom stereocenters. The van der Waals surface area contributed by atoms with Crippen LogP contribution < -0.4 is 10.1 Å². The van der Waals surface area contributed by atoms with Crippen LogP contribution in [0.1, 0.15) is 12.0 Å². The highest BCUT2D eigenvalue weighted by molar-refractivity contribution is 9.10. The molecule has 2 aromatic rings. The fraction of sp³-hybridized carbons (Fsp3) is 0.250. The van der Waals surface area contributed by atoms with Crippen molar-refractivity contribution in [2.24, 2.45) is 0 Å². The van der Waals surface area contributed by atoms with Gasteiger partial charge in [-0.3, -0.25) is 4.79 Å². The lowest BCUT2D eigenvalue weighted by Gasteiger charge is -2.16. The van der Waals surface area contributed by atoms with Crippen LogP contribution in [0.3, 0.4) is 0 Å². The Labute approximate surface area is 156 Å². The van der Waals surface area contributed by atoms with E-state index in [1.54, 1.807) is 13.2 Å². The maximum atomic E-state index is 12.5. The summed E-state index contributed by atoms with van der Waals surface area (Å²) >= 11 is 3.45. The van der Waals surface area contributed by atoms with Gasteiger partial charge < -0.3 is 15.0 Å². The van der Waals surface area contributed by atoms with E-state index in [1.165, 1.54) is 0 Å². The number of hydrogen-bond donors (Lipinski definition) is 1. The number of anilines is 1. The van der Waals surface area contributed by atoms with Gasteiger partial charge in [0.2, 0.25) is 5.91 Å². The van der Waals surface area contributed by atoms with Crippen LogP contribution >= 0.6 is 15.9 Å². The Morgan fingerprint density at radius 1 is 1.28 bits per heavy atom. The maximum Gasteiger partial charge on any atom is 0.246 e. The van der Waals surface area contributed by atoms with Crippen molar-refractivity contribution >= 4 is 33.6 Å². The van der Waals surface area contributed by atoms with Gasteiger partial charge in [-0.1, -0.05) is 34.1 Å². The lowest BCUT2D eigenvalue weighted by molar-refractivity contribution is -0.124. The van der Waals surface area contributed by atoms with Crippen LogP contribution in [-0.2, 0) is 4.79 Å². The molecule has 1 aliphatic heterocycles. The van der Waals surface area contributed by atoms with Crippen LogP contribution in [-0.4, -0.2) is 37.0 Å². The standard InChI is InChI=1S/C20H21BrN2O2/c1-25-19-9-8-16(21)13-15(19)7-10-20(24)23-12-11-18(14-23)22-17-5-3-2-4-6-17/h2-10,13,18,22H,11-12,14H2,1H3/b10-7+. The maximum absolute atomic E-state index is 12.5. The number of likely N-dealkylation sites (tertiary alicyclic amines) is 1. The van der Waals surface area contributed by atoms with Gasteiger partial charge in [0.15, 0.2) is 0 Å². The number of carbonyl (C=O) groups excluding carboxylic acids is 1. The third-order valence-electron chi connectivity index (χ3n) is 4.24. The number of nitrogens with one attached hydrogen (secondary N) is 1. The van der Waals surface area contributed by atoms with Crippen LogP contribution in [0.2, 0.25) is 0 Å². The molecule has 0 bridgehead atoms. The van der Waals surface area contributed by atoms with E-state index < -0.39 is 0 Å². The largest absolute Gasteiger partial charge is 0.496 e. The molecule has 1 amide bonds. The molecule has 1 N–H and O–H groups in total. The fourth-order valence-electron chi connectivity index (χ4n) is 2.95. The first-order chi connectivity index (χ1) is 12.2. The predicted molar refractivity (Wildman–Crippen MR) is 105 cm³/mol. The zero-order chi connectivity index (χ0) is 17.6. The SMILES string of the molecule is COc1ccc(Br)cc1/C=C/C(=O)N1CCC(Nc2ccccc2)C1. The van der Waals surface area contributed by atoms with Crippen molar-refractivity contribution in [2.75, 3.05) is 25.5 Å². The summed E-state index contributed by atoms with van der Waals surface area (Å²) in [5.74, 6) is 0.775. The summed E-state index contributed by atoms with van der Waals surface area (Å²) in [5, 5.41) is 3.48. The molecule has 1 atom stereocenters.